The number of carbonyl (C=O) groups excluding carboxylic acids is 1. The van der Waals surface area contributed by atoms with Gasteiger partial charge in [-0.25, -0.2) is 0 Å². The summed E-state index contributed by atoms with van der Waals surface area (Å²) in [5, 5.41) is 6.55. The van der Waals surface area contributed by atoms with Crippen LogP contribution in [0.2, 0.25) is 5.02 Å². The highest BCUT2D eigenvalue weighted by atomic mass is 35.5. The fourth-order valence-electron chi connectivity index (χ4n) is 2.18. The second kappa shape index (κ2) is 5.77. The summed E-state index contributed by atoms with van der Waals surface area (Å²) >= 11 is 6.20. The minimum Gasteiger partial charge on any atom is -0.376 e. The summed E-state index contributed by atoms with van der Waals surface area (Å²) in [5.41, 5.74) is 2.49. The van der Waals surface area contributed by atoms with E-state index in [1.807, 2.05) is 13.0 Å². The number of amides is 1. The van der Waals surface area contributed by atoms with Crippen LogP contribution in [0.3, 0.4) is 0 Å². The molecule has 0 spiro atoms. The standard InChI is InChI=1S/C13H17ClN2O3/c1-7(13(18-2)19-3)15-11-4-8-5-12(17)16-10(8)6-9(11)14/h4,6-7,13,15H,5H2,1-3H3,(H,16,17). The van der Waals surface area contributed by atoms with Gasteiger partial charge in [-0.05, 0) is 24.6 Å². The zero-order valence-electron chi connectivity index (χ0n) is 11.1. The Bertz CT molecular complexity index is 489. The van der Waals surface area contributed by atoms with Gasteiger partial charge >= 0.3 is 0 Å². The first kappa shape index (κ1) is 14.1. The van der Waals surface area contributed by atoms with Gasteiger partial charge in [-0.3, -0.25) is 4.79 Å². The SMILES string of the molecule is COC(OC)C(C)Nc1cc2c(cc1Cl)NC(=O)C2. The maximum Gasteiger partial charge on any atom is 0.228 e. The van der Waals surface area contributed by atoms with Crippen LogP contribution < -0.4 is 10.6 Å². The van der Waals surface area contributed by atoms with E-state index in [-0.39, 0.29) is 18.2 Å². The van der Waals surface area contributed by atoms with Crippen LogP contribution in [-0.4, -0.2) is 32.5 Å². The summed E-state index contributed by atoms with van der Waals surface area (Å²) in [7, 11) is 3.17. The first-order chi connectivity index (χ1) is 9.05. The topological polar surface area (TPSA) is 59.6 Å². The van der Waals surface area contributed by atoms with Gasteiger partial charge in [0.1, 0.15) is 0 Å². The van der Waals surface area contributed by atoms with Crippen molar-refractivity contribution in [1.29, 1.82) is 0 Å². The highest BCUT2D eigenvalue weighted by molar-refractivity contribution is 6.33. The summed E-state index contributed by atoms with van der Waals surface area (Å²) in [6, 6.07) is 3.57. The summed E-state index contributed by atoms with van der Waals surface area (Å²) in [6.45, 7) is 1.94. The highest BCUT2D eigenvalue weighted by Gasteiger charge is 2.21. The second-order valence-electron chi connectivity index (χ2n) is 4.49. The van der Waals surface area contributed by atoms with Gasteiger partial charge in [-0.15, -0.1) is 0 Å². The Morgan fingerprint density at radius 2 is 2.05 bits per heavy atom. The van der Waals surface area contributed by atoms with Gasteiger partial charge in [-0.1, -0.05) is 11.6 Å². The monoisotopic (exact) mass is 284 g/mol. The third-order valence-corrected chi connectivity index (χ3v) is 3.39. The van der Waals surface area contributed by atoms with Gasteiger partial charge in [0.25, 0.3) is 0 Å². The molecule has 0 bridgehead atoms. The van der Waals surface area contributed by atoms with E-state index in [1.54, 1.807) is 20.3 Å². The molecule has 0 aromatic heterocycles. The molecule has 6 heteroatoms. The van der Waals surface area contributed by atoms with E-state index in [0.717, 1.165) is 16.9 Å². The summed E-state index contributed by atoms with van der Waals surface area (Å²) < 4.78 is 10.4. The summed E-state index contributed by atoms with van der Waals surface area (Å²) in [6.07, 6.45) is 0.0113. The number of halogens is 1. The van der Waals surface area contributed by atoms with E-state index in [9.17, 15) is 4.79 Å². The molecule has 104 valence electrons. The molecule has 0 fully saturated rings. The fraction of sp³-hybridized carbons (Fsp3) is 0.462. The molecule has 1 amide bonds. The predicted molar refractivity (Wildman–Crippen MR) is 74.7 cm³/mol. The van der Waals surface area contributed by atoms with E-state index in [0.29, 0.717) is 11.4 Å². The first-order valence-corrected chi connectivity index (χ1v) is 6.37. The van der Waals surface area contributed by atoms with Crippen molar-refractivity contribution in [2.75, 3.05) is 24.9 Å². The third kappa shape index (κ3) is 3.00. The fourth-order valence-corrected chi connectivity index (χ4v) is 2.39. The van der Waals surface area contributed by atoms with Crippen LogP contribution in [0.15, 0.2) is 12.1 Å². The van der Waals surface area contributed by atoms with E-state index < -0.39 is 0 Å². The van der Waals surface area contributed by atoms with Crippen LogP contribution >= 0.6 is 11.6 Å². The van der Waals surface area contributed by atoms with Crippen molar-refractivity contribution >= 4 is 28.9 Å². The van der Waals surface area contributed by atoms with E-state index >= 15 is 0 Å². The average molecular weight is 285 g/mol. The van der Waals surface area contributed by atoms with Crippen LogP contribution in [-0.2, 0) is 20.7 Å². The maximum atomic E-state index is 11.3. The molecule has 1 atom stereocenters. The maximum absolute atomic E-state index is 11.3. The average Bonchev–Trinajstić information content (AvgIpc) is 2.70. The van der Waals surface area contributed by atoms with Crippen LogP contribution in [0, 0.1) is 0 Å². The number of hydrogen-bond donors (Lipinski definition) is 2. The smallest absolute Gasteiger partial charge is 0.228 e. The quantitative estimate of drug-likeness (QED) is 0.814. The molecule has 1 aliphatic heterocycles. The number of carbonyl (C=O) groups is 1. The van der Waals surface area contributed by atoms with E-state index in [2.05, 4.69) is 10.6 Å². The molecule has 1 unspecified atom stereocenters. The summed E-state index contributed by atoms with van der Waals surface area (Å²) in [4.78, 5) is 11.3. The largest absolute Gasteiger partial charge is 0.376 e. The molecule has 5 nitrogen and oxygen atoms in total. The molecule has 1 aromatic rings. The molecule has 2 N–H and O–H groups in total. The number of methoxy groups -OCH3 is 2. The Kier molecular flexibility index (Phi) is 4.29. The lowest BCUT2D eigenvalue weighted by Crippen LogP contribution is -2.33. The number of hydrogen-bond acceptors (Lipinski definition) is 4. The molecule has 1 heterocycles. The van der Waals surface area contributed by atoms with Crippen LogP contribution in [0.5, 0.6) is 0 Å². The van der Waals surface area contributed by atoms with Crippen molar-refractivity contribution in [3.63, 3.8) is 0 Å². The summed E-state index contributed by atoms with van der Waals surface area (Å²) in [5.74, 6) is -0.0112. The molecule has 0 saturated heterocycles. The molecule has 0 radical (unpaired) electrons. The number of rotatable bonds is 5. The van der Waals surface area contributed by atoms with Gasteiger partial charge < -0.3 is 20.1 Å². The Balaban J connectivity index is 2.18. The Labute approximate surface area is 117 Å². The lowest BCUT2D eigenvalue weighted by molar-refractivity contribution is -0.115. The van der Waals surface area contributed by atoms with Gasteiger partial charge in [0.05, 0.1) is 23.2 Å². The second-order valence-corrected chi connectivity index (χ2v) is 4.89. The number of ether oxygens (including phenoxy) is 2. The van der Waals surface area contributed by atoms with Gasteiger partial charge in [0.15, 0.2) is 6.29 Å². The van der Waals surface area contributed by atoms with Crippen molar-refractivity contribution < 1.29 is 14.3 Å². The third-order valence-electron chi connectivity index (χ3n) is 3.07. The molecule has 1 aliphatic rings. The van der Waals surface area contributed by atoms with Gasteiger partial charge in [0, 0.05) is 19.9 Å². The number of nitrogens with one attached hydrogen (secondary N) is 2. The number of anilines is 2. The molecule has 1 aromatic carbocycles. The van der Waals surface area contributed by atoms with Crippen LogP contribution in [0.25, 0.3) is 0 Å². The lowest BCUT2D eigenvalue weighted by Gasteiger charge is -2.23. The van der Waals surface area contributed by atoms with Crippen LogP contribution in [0.1, 0.15) is 12.5 Å². The molecular weight excluding hydrogens is 268 g/mol. The minimum atomic E-state index is -0.371. The number of benzene rings is 1. The molecule has 19 heavy (non-hydrogen) atoms. The van der Waals surface area contributed by atoms with Crippen LogP contribution in [0.4, 0.5) is 11.4 Å². The number of fused-ring (bicyclic) bond motifs is 1. The van der Waals surface area contributed by atoms with Crippen molar-refractivity contribution in [2.24, 2.45) is 0 Å². The van der Waals surface area contributed by atoms with Crippen molar-refractivity contribution in [1.82, 2.24) is 0 Å². The highest BCUT2D eigenvalue weighted by Crippen LogP contribution is 2.33. The molecular formula is C13H17ClN2O3. The molecule has 0 saturated carbocycles. The van der Waals surface area contributed by atoms with E-state index in [4.69, 9.17) is 21.1 Å². The normalized spacial score (nSPS) is 15.3. The van der Waals surface area contributed by atoms with Crippen molar-refractivity contribution in [2.45, 2.75) is 25.7 Å². The van der Waals surface area contributed by atoms with Crippen molar-refractivity contribution in [3.8, 4) is 0 Å². The van der Waals surface area contributed by atoms with Crippen molar-refractivity contribution in [3.05, 3.63) is 22.7 Å². The first-order valence-electron chi connectivity index (χ1n) is 5.99. The zero-order chi connectivity index (χ0) is 14.0. The van der Waals surface area contributed by atoms with Gasteiger partial charge in [0.2, 0.25) is 5.91 Å². The predicted octanol–water partition coefficient (Wildman–Crippen LogP) is 2.25. The molecule has 2 rings (SSSR count). The Morgan fingerprint density at radius 3 is 2.68 bits per heavy atom. The lowest BCUT2D eigenvalue weighted by atomic mass is 10.1. The Hall–Kier alpha value is -1.30. The van der Waals surface area contributed by atoms with Gasteiger partial charge in [-0.2, -0.15) is 0 Å². The Morgan fingerprint density at radius 1 is 1.37 bits per heavy atom. The molecule has 0 aliphatic carbocycles. The minimum absolute atomic E-state index is 0.0112. The van der Waals surface area contributed by atoms with E-state index in [1.165, 1.54) is 0 Å². The zero-order valence-corrected chi connectivity index (χ0v) is 11.9.